The molecule has 0 fully saturated rings. The van der Waals surface area contributed by atoms with Crippen LogP contribution in [0.4, 0.5) is 20.4 Å². The van der Waals surface area contributed by atoms with E-state index in [0.29, 0.717) is 0 Å². The average molecular weight is 264 g/mol. The predicted octanol–water partition coefficient (Wildman–Crippen LogP) is 2.97. The number of nitrogens with one attached hydrogen (secondary N) is 2. The Morgan fingerprint density at radius 2 is 1.95 bits per heavy atom. The van der Waals surface area contributed by atoms with Crippen molar-refractivity contribution in [3.8, 4) is 0 Å². The first-order valence-electron chi connectivity index (χ1n) is 5.82. The van der Waals surface area contributed by atoms with Crippen LogP contribution in [0.5, 0.6) is 0 Å². The number of anilines is 2. The van der Waals surface area contributed by atoms with E-state index in [0.717, 1.165) is 11.6 Å². The Kier molecular flexibility index (Phi) is 3.89. The molecule has 0 radical (unpaired) electrons. The van der Waals surface area contributed by atoms with E-state index in [1.54, 1.807) is 18.5 Å². The van der Waals surface area contributed by atoms with Crippen molar-refractivity contribution in [2.45, 2.75) is 13.0 Å². The van der Waals surface area contributed by atoms with E-state index in [-0.39, 0.29) is 17.7 Å². The van der Waals surface area contributed by atoms with Crippen LogP contribution in [0.2, 0.25) is 0 Å². The van der Waals surface area contributed by atoms with Gasteiger partial charge in [0.15, 0.2) is 23.3 Å². The molecule has 0 aliphatic rings. The molecule has 0 amide bonds. The summed E-state index contributed by atoms with van der Waals surface area (Å²) in [6.07, 6.45) is 3.34. The molecule has 19 heavy (non-hydrogen) atoms. The van der Waals surface area contributed by atoms with Gasteiger partial charge in [-0.2, -0.15) is 0 Å². The second-order valence-corrected chi connectivity index (χ2v) is 4.05. The molecule has 0 aliphatic heterocycles. The van der Waals surface area contributed by atoms with Crippen LogP contribution in [0, 0.1) is 11.6 Å². The second-order valence-electron chi connectivity index (χ2n) is 4.05. The smallest absolute Gasteiger partial charge is 0.168 e. The first kappa shape index (κ1) is 13.2. The third kappa shape index (κ3) is 2.96. The van der Waals surface area contributed by atoms with Gasteiger partial charge in [0.25, 0.3) is 0 Å². The first-order chi connectivity index (χ1) is 9.11. The van der Waals surface area contributed by atoms with Gasteiger partial charge in [-0.15, -0.1) is 0 Å². The lowest BCUT2D eigenvalue weighted by atomic mass is 10.1. The fourth-order valence-electron chi connectivity index (χ4n) is 1.66. The van der Waals surface area contributed by atoms with Gasteiger partial charge in [0.2, 0.25) is 0 Å². The molecule has 1 atom stereocenters. The summed E-state index contributed by atoms with van der Waals surface area (Å²) in [5, 5.41) is 5.47. The summed E-state index contributed by atoms with van der Waals surface area (Å²) in [4.78, 5) is 7.85. The van der Waals surface area contributed by atoms with Crippen molar-refractivity contribution in [3.63, 3.8) is 0 Å². The van der Waals surface area contributed by atoms with Crippen molar-refractivity contribution in [2.24, 2.45) is 0 Å². The van der Waals surface area contributed by atoms with Crippen molar-refractivity contribution in [3.05, 3.63) is 47.8 Å². The zero-order valence-electron chi connectivity index (χ0n) is 10.6. The zero-order chi connectivity index (χ0) is 13.8. The Labute approximate surface area is 109 Å². The lowest BCUT2D eigenvalue weighted by molar-refractivity contribution is 0.577. The van der Waals surface area contributed by atoms with Crippen molar-refractivity contribution < 1.29 is 8.78 Å². The summed E-state index contributed by atoms with van der Waals surface area (Å²) >= 11 is 0. The van der Waals surface area contributed by atoms with Crippen LogP contribution in [-0.4, -0.2) is 17.0 Å². The van der Waals surface area contributed by atoms with E-state index in [1.807, 2.05) is 13.0 Å². The predicted molar refractivity (Wildman–Crippen MR) is 70.0 cm³/mol. The maximum absolute atomic E-state index is 13.6. The van der Waals surface area contributed by atoms with E-state index < -0.39 is 11.6 Å². The van der Waals surface area contributed by atoms with E-state index in [2.05, 4.69) is 20.6 Å². The number of pyridine rings is 2. The monoisotopic (exact) mass is 264 g/mol. The third-order valence-electron chi connectivity index (χ3n) is 2.70. The molecule has 0 bridgehead atoms. The van der Waals surface area contributed by atoms with Crippen LogP contribution in [0.3, 0.4) is 0 Å². The quantitative estimate of drug-likeness (QED) is 0.891. The number of aromatic nitrogens is 2. The maximum atomic E-state index is 13.6. The molecule has 2 N–H and O–H groups in total. The minimum atomic E-state index is -0.729. The van der Waals surface area contributed by atoms with Gasteiger partial charge in [-0.3, -0.25) is 4.98 Å². The lowest BCUT2D eigenvalue weighted by Gasteiger charge is -2.16. The minimum Gasteiger partial charge on any atom is -0.371 e. The molecular weight excluding hydrogens is 250 g/mol. The molecular formula is C13H14F2N4. The van der Waals surface area contributed by atoms with E-state index >= 15 is 0 Å². The summed E-state index contributed by atoms with van der Waals surface area (Å²) in [7, 11) is 1.53. The molecule has 0 saturated carbocycles. The third-order valence-corrected chi connectivity index (χ3v) is 2.70. The summed E-state index contributed by atoms with van der Waals surface area (Å²) in [6.45, 7) is 1.85. The molecule has 6 heteroatoms. The highest BCUT2D eigenvalue weighted by Crippen LogP contribution is 2.22. The van der Waals surface area contributed by atoms with Crippen LogP contribution in [0.15, 0.2) is 30.6 Å². The standard InChI is InChI=1S/C13H14F2N4/c1-8(9-4-3-5-17-7-9)18-13-11(15)6-10(14)12(16-2)19-13/h3-8H,1-2H3,(H2,16,18,19). The van der Waals surface area contributed by atoms with E-state index in [4.69, 9.17) is 0 Å². The highest BCUT2D eigenvalue weighted by molar-refractivity contribution is 5.48. The van der Waals surface area contributed by atoms with Crippen molar-refractivity contribution in [2.75, 3.05) is 17.7 Å². The summed E-state index contributed by atoms with van der Waals surface area (Å²) < 4.78 is 26.9. The summed E-state index contributed by atoms with van der Waals surface area (Å²) in [6, 6.07) is 4.27. The maximum Gasteiger partial charge on any atom is 0.168 e. The van der Waals surface area contributed by atoms with Crippen molar-refractivity contribution in [1.82, 2.24) is 9.97 Å². The van der Waals surface area contributed by atoms with Gasteiger partial charge < -0.3 is 10.6 Å². The fraction of sp³-hybridized carbons (Fsp3) is 0.231. The molecule has 2 aromatic heterocycles. The van der Waals surface area contributed by atoms with Gasteiger partial charge in [0, 0.05) is 25.5 Å². The largest absolute Gasteiger partial charge is 0.371 e. The van der Waals surface area contributed by atoms with Gasteiger partial charge in [-0.1, -0.05) is 6.07 Å². The zero-order valence-corrected chi connectivity index (χ0v) is 10.6. The highest BCUT2D eigenvalue weighted by atomic mass is 19.1. The van der Waals surface area contributed by atoms with Crippen LogP contribution in [0.25, 0.3) is 0 Å². The van der Waals surface area contributed by atoms with Crippen LogP contribution in [0.1, 0.15) is 18.5 Å². The molecule has 2 aromatic rings. The van der Waals surface area contributed by atoms with Crippen molar-refractivity contribution >= 4 is 11.6 Å². The topological polar surface area (TPSA) is 49.8 Å². The molecule has 2 heterocycles. The van der Waals surface area contributed by atoms with Gasteiger partial charge in [0.1, 0.15) is 0 Å². The Morgan fingerprint density at radius 1 is 1.21 bits per heavy atom. The number of hydrogen-bond donors (Lipinski definition) is 2. The Morgan fingerprint density at radius 3 is 2.58 bits per heavy atom. The van der Waals surface area contributed by atoms with Crippen LogP contribution >= 0.6 is 0 Å². The molecule has 0 aliphatic carbocycles. The van der Waals surface area contributed by atoms with Crippen LogP contribution < -0.4 is 10.6 Å². The first-order valence-corrected chi connectivity index (χ1v) is 5.82. The molecule has 0 aromatic carbocycles. The fourth-order valence-corrected chi connectivity index (χ4v) is 1.66. The van der Waals surface area contributed by atoms with Gasteiger partial charge in [0.05, 0.1) is 6.04 Å². The van der Waals surface area contributed by atoms with Crippen LogP contribution in [-0.2, 0) is 0 Å². The Balaban J connectivity index is 2.24. The molecule has 4 nitrogen and oxygen atoms in total. The normalized spacial score (nSPS) is 12.0. The lowest BCUT2D eigenvalue weighted by Crippen LogP contribution is -2.11. The van der Waals surface area contributed by atoms with Crippen molar-refractivity contribution in [1.29, 1.82) is 0 Å². The number of rotatable bonds is 4. The Bertz CT molecular complexity index is 560. The number of halogens is 2. The molecule has 0 spiro atoms. The minimum absolute atomic E-state index is 0.00195. The van der Waals surface area contributed by atoms with Gasteiger partial charge in [-0.05, 0) is 18.6 Å². The highest BCUT2D eigenvalue weighted by Gasteiger charge is 2.13. The Hall–Kier alpha value is -2.24. The van der Waals surface area contributed by atoms with E-state index in [9.17, 15) is 8.78 Å². The molecule has 100 valence electrons. The SMILES string of the molecule is CNc1nc(NC(C)c2cccnc2)c(F)cc1F. The number of hydrogen-bond acceptors (Lipinski definition) is 4. The summed E-state index contributed by atoms with van der Waals surface area (Å²) in [5.74, 6) is -1.45. The van der Waals surface area contributed by atoms with Gasteiger partial charge >= 0.3 is 0 Å². The molecule has 1 unspecified atom stereocenters. The summed E-state index contributed by atoms with van der Waals surface area (Å²) in [5.41, 5.74) is 0.888. The second kappa shape index (κ2) is 5.60. The number of nitrogens with zero attached hydrogens (tertiary/aromatic N) is 2. The molecule has 0 saturated heterocycles. The average Bonchev–Trinajstić information content (AvgIpc) is 2.42. The molecule has 2 rings (SSSR count). The van der Waals surface area contributed by atoms with Gasteiger partial charge in [-0.25, -0.2) is 13.8 Å². The van der Waals surface area contributed by atoms with E-state index in [1.165, 1.54) is 7.05 Å².